The zero-order chi connectivity index (χ0) is 20.0. The van der Waals surface area contributed by atoms with Crippen molar-refractivity contribution in [1.29, 1.82) is 0 Å². The normalized spacial score (nSPS) is 10.3. The van der Waals surface area contributed by atoms with Crippen LogP contribution in [0.15, 0.2) is 30.3 Å². The van der Waals surface area contributed by atoms with Crippen molar-refractivity contribution in [1.82, 2.24) is 5.32 Å². The smallest absolute Gasteiger partial charge is 0.326 e. The Kier molecular flexibility index (Phi) is 7.07. The molecular weight excluding hydrogens is 368 g/mol. The van der Waals surface area contributed by atoms with Crippen molar-refractivity contribution in [3.05, 3.63) is 52.0 Å². The van der Waals surface area contributed by atoms with Crippen molar-refractivity contribution in [2.75, 3.05) is 19.5 Å². The fraction of sp³-hybridized carbons (Fsp3) is 0.300. The number of hydrogen-bond acceptors (Lipinski definition) is 4. The number of carbonyl (C=O) groups excluding carboxylic acids is 2. The highest BCUT2D eigenvalue weighted by atomic mass is 35.5. The van der Waals surface area contributed by atoms with E-state index in [4.69, 9.17) is 21.1 Å². The lowest BCUT2D eigenvalue weighted by molar-refractivity contribution is 0.0961. The molecular formula is C20H23ClN2O4. The number of benzene rings is 2. The summed E-state index contributed by atoms with van der Waals surface area (Å²) < 4.78 is 10.4. The van der Waals surface area contributed by atoms with Gasteiger partial charge in [-0.3, -0.25) is 10.1 Å². The van der Waals surface area contributed by atoms with Gasteiger partial charge in [0.25, 0.3) is 5.91 Å². The molecule has 0 aromatic heterocycles. The van der Waals surface area contributed by atoms with Gasteiger partial charge in [-0.15, -0.1) is 0 Å². The number of nitrogens with one attached hydrogen (secondary N) is 2. The molecule has 2 N–H and O–H groups in total. The fourth-order valence-corrected chi connectivity index (χ4v) is 3.07. The van der Waals surface area contributed by atoms with E-state index in [9.17, 15) is 9.59 Å². The molecule has 2 aromatic rings. The first-order chi connectivity index (χ1) is 13.0. The number of aryl methyl sites for hydroxylation is 2. The Bertz CT molecular complexity index is 830. The van der Waals surface area contributed by atoms with Crippen LogP contribution in [0.4, 0.5) is 10.5 Å². The van der Waals surface area contributed by atoms with E-state index in [0.29, 0.717) is 0 Å². The summed E-state index contributed by atoms with van der Waals surface area (Å²) in [4.78, 5) is 25.1. The molecule has 0 unspecified atom stereocenters. The third kappa shape index (κ3) is 4.52. The second-order valence-corrected chi connectivity index (χ2v) is 6.13. The summed E-state index contributed by atoms with van der Waals surface area (Å²) in [7, 11) is 2.81. The van der Waals surface area contributed by atoms with Crippen molar-refractivity contribution in [2.45, 2.75) is 26.7 Å². The van der Waals surface area contributed by atoms with Crippen LogP contribution in [0.3, 0.4) is 0 Å². The monoisotopic (exact) mass is 390 g/mol. The van der Waals surface area contributed by atoms with Crippen molar-refractivity contribution in [2.24, 2.45) is 0 Å². The van der Waals surface area contributed by atoms with Crippen LogP contribution in [0.5, 0.6) is 11.5 Å². The number of ether oxygens (including phenoxy) is 2. The maximum Gasteiger partial charge on any atom is 0.326 e. The van der Waals surface area contributed by atoms with Gasteiger partial charge in [0.05, 0.1) is 19.2 Å². The highest BCUT2D eigenvalue weighted by molar-refractivity contribution is 6.33. The first-order valence-corrected chi connectivity index (χ1v) is 8.98. The maximum absolute atomic E-state index is 12.7. The van der Waals surface area contributed by atoms with E-state index in [-0.39, 0.29) is 22.1 Å². The standard InChI is InChI=1S/C20H23ClN2O4/c1-5-12-8-7-9-13(6-2)17(12)22-20(25)23-19(24)16-15(26-3)11-10-14(21)18(16)27-4/h7-11H,5-6H2,1-4H3,(H2,22,23,24,25). The van der Waals surface area contributed by atoms with Gasteiger partial charge in [0.1, 0.15) is 11.3 Å². The van der Waals surface area contributed by atoms with Gasteiger partial charge in [0.2, 0.25) is 0 Å². The third-order valence-corrected chi connectivity index (χ3v) is 4.48. The molecule has 0 heterocycles. The van der Waals surface area contributed by atoms with Crippen LogP contribution in [0, 0.1) is 0 Å². The Hall–Kier alpha value is -2.73. The quantitative estimate of drug-likeness (QED) is 0.764. The van der Waals surface area contributed by atoms with Gasteiger partial charge in [0.15, 0.2) is 5.75 Å². The molecule has 0 aliphatic heterocycles. The Morgan fingerprint density at radius 1 is 1.00 bits per heavy atom. The molecule has 2 aromatic carbocycles. The molecule has 7 heteroatoms. The summed E-state index contributed by atoms with van der Waals surface area (Å²) in [5, 5.41) is 5.35. The molecule has 27 heavy (non-hydrogen) atoms. The molecule has 144 valence electrons. The second-order valence-electron chi connectivity index (χ2n) is 5.72. The highest BCUT2D eigenvalue weighted by Gasteiger charge is 2.23. The summed E-state index contributed by atoms with van der Waals surface area (Å²) in [6, 6.07) is 8.30. The first kappa shape index (κ1) is 20.6. The predicted molar refractivity (Wildman–Crippen MR) is 106 cm³/mol. The average Bonchev–Trinajstić information content (AvgIpc) is 2.67. The number of rotatable bonds is 6. The summed E-state index contributed by atoms with van der Waals surface area (Å²) in [6.45, 7) is 4.01. The molecule has 0 aliphatic rings. The molecule has 0 atom stereocenters. The van der Waals surface area contributed by atoms with E-state index in [0.717, 1.165) is 29.7 Å². The molecule has 0 saturated carbocycles. The fourth-order valence-electron chi connectivity index (χ4n) is 2.84. The lowest BCUT2D eigenvalue weighted by Gasteiger charge is -2.16. The van der Waals surface area contributed by atoms with Gasteiger partial charge in [-0.2, -0.15) is 0 Å². The molecule has 0 aliphatic carbocycles. The van der Waals surface area contributed by atoms with Crippen molar-refractivity contribution in [3.8, 4) is 11.5 Å². The number of para-hydroxylation sites is 1. The number of anilines is 1. The molecule has 0 spiro atoms. The number of halogens is 1. The van der Waals surface area contributed by atoms with E-state index in [1.807, 2.05) is 32.0 Å². The lowest BCUT2D eigenvalue weighted by Crippen LogP contribution is -2.35. The number of imide groups is 1. The summed E-state index contributed by atoms with van der Waals surface area (Å²) in [5.41, 5.74) is 2.77. The van der Waals surface area contributed by atoms with Crippen molar-refractivity contribution in [3.63, 3.8) is 0 Å². The number of amides is 3. The minimum atomic E-state index is -0.671. The molecule has 0 bridgehead atoms. The zero-order valence-electron chi connectivity index (χ0n) is 15.8. The van der Waals surface area contributed by atoms with Crippen LogP contribution in [0.25, 0.3) is 0 Å². The molecule has 3 amide bonds. The number of methoxy groups -OCH3 is 2. The molecule has 0 fully saturated rings. The number of urea groups is 1. The lowest BCUT2D eigenvalue weighted by atomic mass is 10.0. The summed E-state index contributed by atoms with van der Waals surface area (Å²) in [5.74, 6) is -0.273. The van der Waals surface area contributed by atoms with Gasteiger partial charge < -0.3 is 14.8 Å². The minimum Gasteiger partial charge on any atom is -0.496 e. The zero-order valence-corrected chi connectivity index (χ0v) is 16.6. The maximum atomic E-state index is 12.7. The van der Waals surface area contributed by atoms with Crippen molar-refractivity contribution >= 4 is 29.2 Å². The largest absolute Gasteiger partial charge is 0.496 e. The van der Waals surface area contributed by atoms with Gasteiger partial charge in [-0.1, -0.05) is 43.6 Å². The van der Waals surface area contributed by atoms with E-state index >= 15 is 0 Å². The molecule has 6 nitrogen and oxygen atoms in total. The van der Waals surface area contributed by atoms with Gasteiger partial charge in [-0.25, -0.2) is 4.79 Å². The Balaban J connectivity index is 2.28. The minimum absolute atomic E-state index is 0.0575. The molecule has 2 rings (SSSR count). The molecule has 0 radical (unpaired) electrons. The highest BCUT2D eigenvalue weighted by Crippen LogP contribution is 2.35. The average molecular weight is 391 g/mol. The number of hydrogen-bond donors (Lipinski definition) is 2. The van der Waals surface area contributed by atoms with Crippen LogP contribution in [0.1, 0.15) is 35.3 Å². The van der Waals surface area contributed by atoms with Crippen LogP contribution >= 0.6 is 11.6 Å². The first-order valence-electron chi connectivity index (χ1n) is 8.60. The van der Waals surface area contributed by atoms with Crippen LogP contribution in [-0.2, 0) is 12.8 Å². The van der Waals surface area contributed by atoms with E-state index in [1.54, 1.807) is 12.1 Å². The predicted octanol–water partition coefficient (Wildman–Crippen LogP) is 4.44. The number of carbonyl (C=O) groups is 2. The van der Waals surface area contributed by atoms with Gasteiger partial charge >= 0.3 is 6.03 Å². The van der Waals surface area contributed by atoms with E-state index < -0.39 is 11.9 Å². The van der Waals surface area contributed by atoms with Crippen molar-refractivity contribution < 1.29 is 19.1 Å². The SMILES string of the molecule is CCc1cccc(CC)c1NC(=O)NC(=O)c1c(OC)ccc(Cl)c1OC. The Morgan fingerprint density at radius 3 is 2.15 bits per heavy atom. The topological polar surface area (TPSA) is 76.7 Å². The van der Waals surface area contributed by atoms with Gasteiger partial charge in [0, 0.05) is 5.69 Å². The van der Waals surface area contributed by atoms with Crippen LogP contribution in [-0.4, -0.2) is 26.2 Å². The van der Waals surface area contributed by atoms with E-state index in [1.165, 1.54) is 14.2 Å². The van der Waals surface area contributed by atoms with E-state index in [2.05, 4.69) is 10.6 Å². The third-order valence-electron chi connectivity index (χ3n) is 4.19. The summed E-state index contributed by atoms with van der Waals surface area (Å²) in [6.07, 6.45) is 1.51. The Labute approximate surface area is 163 Å². The molecule has 0 saturated heterocycles. The van der Waals surface area contributed by atoms with Crippen LogP contribution in [0.2, 0.25) is 5.02 Å². The summed E-state index contributed by atoms with van der Waals surface area (Å²) >= 11 is 6.09. The van der Waals surface area contributed by atoms with Crippen LogP contribution < -0.4 is 20.1 Å². The van der Waals surface area contributed by atoms with Gasteiger partial charge in [-0.05, 0) is 36.1 Å². The Morgan fingerprint density at radius 2 is 1.63 bits per heavy atom. The second kappa shape index (κ2) is 9.28.